The number of aromatic amines is 1. The average molecular weight is 434 g/mol. The minimum absolute atomic E-state index is 0.0504. The van der Waals surface area contributed by atoms with Crippen molar-refractivity contribution in [3.63, 3.8) is 0 Å². The van der Waals surface area contributed by atoms with Crippen molar-refractivity contribution < 1.29 is 12.8 Å². The smallest absolute Gasteiger partial charge is 0.264 e. The minimum atomic E-state index is -3.93. The van der Waals surface area contributed by atoms with Crippen LogP contribution in [0.4, 0.5) is 10.1 Å². The van der Waals surface area contributed by atoms with Gasteiger partial charge in [0, 0.05) is 23.2 Å². The van der Waals surface area contributed by atoms with Gasteiger partial charge < -0.3 is 4.98 Å². The number of anilines is 1. The van der Waals surface area contributed by atoms with E-state index in [4.69, 9.17) is 0 Å². The Balaban J connectivity index is 1.84. The number of aryl methyl sites for hydroxylation is 1. The number of aromatic nitrogens is 2. The van der Waals surface area contributed by atoms with Gasteiger partial charge in [-0.2, -0.15) is 0 Å². The molecule has 0 fully saturated rings. The summed E-state index contributed by atoms with van der Waals surface area (Å²) in [6.07, 6.45) is 3.08. The number of nitrogens with zero attached hydrogens (tertiary/aromatic N) is 1. The molecule has 0 bridgehead atoms. The molecule has 2 aromatic carbocycles. The molecule has 0 saturated heterocycles. The topological polar surface area (TPSA) is 74.8 Å². The van der Waals surface area contributed by atoms with E-state index in [-0.39, 0.29) is 15.1 Å². The Morgan fingerprint density at radius 3 is 2.85 bits per heavy atom. The van der Waals surface area contributed by atoms with Gasteiger partial charge in [-0.3, -0.25) is 9.71 Å². The molecule has 2 heterocycles. The van der Waals surface area contributed by atoms with E-state index >= 15 is 0 Å². The largest absolute Gasteiger partial charge is 0.359 e. The highest BCUT2D eigenvalue weighted by Gasteiger charge is 2.22. The molecule has 132 valence electrons. The molecule has 0 radical (unpaired) electrons. The molecule has 5 nitrogen and oxygen atoms in total. The van der Waals surface area contributed by atoms with Crippen molar-refractivity contribution in [2.75, 3.05) is 4.72 Å². The highest BCUT2D eigenvalue weighted by atomic mass is 79.9. The maximum atomic E-state index is 13.8. The molecule has 2 N–H and O–H groups in total. The number of H-pyrrole nitrogens is 1. The molecule has 0 aliphatic rings. The van der Waals surface area contributed by atoms with E-state index in [0.717, 1.165) is 17.0 Å². The van der Waals surface area contributed by atoms with Crippen LogP contribution in [0.2, 0.25) is 0 Å². The predicted octanol–water partition coefficient (Wildman–Crippen LogP) is 4.73. The first kappa shape index (κ1) is 17.0. The third-order valence-electron chi connectivity index (χ3n) is 4.19. The van der Waals surface area contributed by atoms with E-state index in [1.165, 1.54) is 12.3 Å². The summed E-state index contributed by atoms with van der Waals surface area (Å²) in [7, 11) is -3.93. The Bertz CT molecular complexity index is 1270. The molecule has 4 aromatic rings. The summed E-state index contributed by atoms with van der Waals surface area (Å²) in [6.45, 7) is 1.70. The lowest BCUT2D eigenvalue weighted by molar-refractivity contribution is 0.601. The lowest BCUT2D eigenvalue weighted by atomic mass is 10.1. The molecule has 0 amide bonds. The van der Waals surface area contributed by atoms with Gasteiger partial charge in [0.05, 0.1) is 21.2 Å². The third kappa shape index (κ3) is 2.75. The van der Waals surface area contributed by atoms with E-state index in [1.807, 2.05) is 18.2 Å². The van der Waals surface area contributed by atoms with E-state index in [1.54, 1.807) is 19.2 Å². The third-order valence-corrected chi connectivity index (χ3v) is 6.19. The van der Waals surface area contributed by atoms with Crippen LogP contribution in [0.25, 0.3) is 21.8 Å². The number of halogens is 2. The highest BCUT2D eigenvalue weighted by Crippen LogP contribution is 2.31. The standard InChI is InChI=1S/C18H13BrFN3O2S/c1-10-7-13(19)14(20)8-15(10)23-26(24,25)16-9-22-18-12(16)5-4-11-3-2-6-21-17(11)18/h2-9,21,23H,1H3. The average Bonchev–Trinajstić information content (AvgIpc) is 3.05. The Hall–Kier alpha value is -2.45. The number of hydrogen-bond donors (Lipinski definition) is 2. The van der Waals surface area contributed by atoms with Gasteiger partial charge in [0.25, 0.3) is 10.0 Å². The molecular weight excluding hydrogens is 421 g/mol. The quantitative estimate of drug-likeness (QED) is 0.490. The SMILES string of the molecule is Cc1cc(Br)c(F)cc1NS(=O)(=O)c1cnc2c1ccc1ccc[nH]c12. The maximum Gasteiger partial charge on any atom is 0.264 e. The van der Waals surface area contributed by atoms with Crippen LogP contribution in [-0.4, -0.2) is 18.4 Å². The first-order valence-corrected chi connectivity index (χ1v) is 9.98. The van der Waals surface area contributed by atoms with Crippen molar-refractivity contribution >= 4 is 53.4 Å². The fourth-order valence-corrected chi connectivity index (χ4v) is 4.60. The molecule has 0 aliphatic heterocycles. The van der Waals surface area contributed by atoms with Gasteiger partial charge >= 0.3 is 0 Å². The number of pyridine rings is 1. The first-order chi connectivity index (χ1) is 12.4. The number of nitrogens with one attached hydrogen (secondary N) is 2. The molecule has 0 spiro atoms. The minimum Gasteiger partial charge on any atom is -0.359 e. The molecule has 26 heavy (non-hydrogen) atoms. The van der Waals surface area contributed by atoms with Crippen molar-refractivity contribution in [1.82, 2.24) is 9.97 Å². The fraction of sp³-hybridized carbons (Fsp3) is 0.0556. The second kappa shape index (κ2) is 6.07. The van der Waals surface area contributed by atoms with E-state index in [9.17, 15) is 12.8 Å². The van der Waals surface area contributed by atoms with E-state index in [2.05, 4.69) is 30.6 Å². The van der Waals surface area contributed by atoms with Gasteiger partial charge in [-0.15, -0.1) is 0 Å². The van der Waals surface area contributed by atoms with Crippen molar-refractivity contribution in [2.45, 2.75) is 11.8 Å². The molecule has 0 atom stereocenters. The van der Waals surface area contributed by atoms with E-state index in [0.29, 0.717) is 16.5 Å². The van der Waals surface area contributed by atoms with Gasteiger partial charge in [0.2, 0.25) is 0 Å². The van der Waals surface area contributed by atoms with Crippen LogP contribution in [0.15, 0.2) is 58.2 Å². The van der Waals surface area contributed by atoms with Crippen LogP contribution >= 0.6 is 15.9 Å². The van der Waals surface area contributed by atoms with Crippen LogP contribution in [0.1, 0.15) is 5.56 Å². The molecule has 0 aliphatic carbocycles. The molecule has 0 unspecified atom stereocenters. The van der Waals surface area contributed by atoms with Crippen molar-refractivity contribution in [3.8, 4) is 0 Å². The lowest BCUT2D eigenvalue weighted by Gasteiger charge is -2.11. The number of hydrogen-bond acceptors (Lipinski definition) is 3. The van der Waals surface area contributed by atoms with Gasteiger partial charge in [-0.05, 0) is 46.6 Å². The summed E-state index contributed by atoms with van der Waals surface area (Å²) in [5.41, 5.74) is 2.12. The van der Waals surface area contributed by atoms with Gasteiger partial charge in [-0.1, -0.05) is 18.2 Å². The van der Waals surface area contributed by atoms with Crippen molar-refractivity contribution in [2.24, 2.45) is 0 Å². The molecule has 0 saturated carbocycles. The highest BCUT2D eigenvalue weighted by molar-refractivity contribution is 9.10. The van der Waals surface area contributed by atoms with Gasteiger partial charge in [0.15, 0.2) is 0 Å². The maximum absolute atomic E-state index is 13.8. The first-order valence-electron chi connectivity index (χ1n) is 7.70. The fourth-order valence-electron chi connectivity index (χ4n) is 2.88. The normalized spacial score (nSPS) is 12.0. The van der Waals surface area contributed by atoms with Crippen LogP contribution in [0.3, 0.4) is 0 Å². The predicted molar refractivity (Wildman–Crippen MR) is 103 cm³/mol. The molecule has 4 rings (SSSR count). The molecule has 2 aromatic heterocycles. The number of benzene rings is 2. The molecule has 8 heteroatoms. The van der Waals surface area contributed by atoms with Crippen LogP contribution < -0.4 is 4.72 Å². The van der Waals surface area contributed by atoms with Crippen LogP contribution in [0, 0.1) is 12.7 Å². The summed E-state index contributed by atoms with van der Waals surface area (Å²) in [5, 5.41) is 1.43. The second-order valence-corrected chi connectivity index (χ2v) is 8.41. The van der Waals surface area contributed by atoms with E-state index < -0.39 is 15.8 Å². The van der Waals surface area contributed by atoms with Crippen molar-refractivity contribution in [1.29, 1.82) is 0 Å². The molecular formula is C18H13BrFN3O2S. The zero-order valence-electron chi connectivity index (χ0n) is 13.5. The summed E-state index contributed by atoms with van der Waals surface area (Å²) in [4.78, 5) is 7.43. The summed E-state index contributed by atoms with van der Waals surface area (Å²) in [5.74, 6) is -0.542. The van der Waals surface area contributed by atoms with Gasteiger partial charge in [0.1, 0.15) is 10.7 Å². The Labute approximate surface area is 157 Å². The Kier molecular flexibility index (Phi) is 3.96. The zero-order valence-corrected chi connectivity index (χ0v) is 15.9. The monoisotopic (exact) mass is 433 g/mol. The second-order valence-electron chi connectivity index (χ2n) is 5.91. The number of sulfonamides is 1. The Morgan fingerprint density at radius 1 is 1.23 bits per heavy atom. The van der Waals surface area contributed by atoms with Crippen molar-refractivity contribution in [3.05, 3.63) is 64.6 Å². The van der Waals surface area contributed by atoms with Gasteiger partial charge in [-0.25, -0.2) is 12.8 Å². The lowest BCUT2D eigenvalue weighted by Crippen LogP contribution is -2.13. The number of fused-ring (bicyclic) bond motifs is 3. The van der Waals surface area contributed by atoms with Crippen LogP contribution in [0.5, 0.6) is 0 Å². The summed E-state index contributed by atoms with van der Waals surface area (Å²) < 4.78 is 42.3. The Morgan fingerprint density at radius 2 is 2.04 bits per heavy atom. The number of rotatable bonds is 3. The summed E-state index contributed by atoms with van der Waals surface area (Å²) >= 11 is 3.09. The van der Waals surface area contributed by atoms with Crippen LogP contribution in [-0.2, 0) is 10.0 Å². The summed E-state index contributed by atoms with van der Waals surface area (Å²) in [6, 6.07) is 10.0. The zero-order chi connectivity index (χ0) is 18.5.